The van der Waals surface area contributed by atoms with Crippen molar-refractivity contribution in [2.75, 3.05) is 10.6 Å². The van der Waals surface area contributed by atoms with Gasteiger partial charge in [-0.1, -0.05) is 31.7 Å². The van der Waals surface area contributed by atoms with E-state index in [1.807, 2.05) is 24.3 Å². The van der Waals surface area contributed by atoms with Crippen molar-refractivity contribution in [2.24, 2.45) is 5.92 Å². The second-order valence-corrected chi connectivity index (χ2v) is 6.16. The third-order valence-corrected chi connectivity index (χ3v) is 4.12. The molecule has 0 saturated carbocycles. The molecule has 0 saturated heterocycles. The molecule has 1 aromatic heterocycles. The van der Waals surface area contributed by atoms with E-state index in [0.717, 1.165) is 17.0 Å². The van der Waals surface area contributed by atoms with Crippen LogP contribution in [0.5, 0.6) is 0 Å². The summed E-state index contributed by atoms with van der Waals surface area (Å²) in [6.07, 6.45) is 2.80. The van der Waals surface area contributed by atoms with Crippen molar-refractivity contribution < 1.29 is 14.0 Å². The third-order valence-electron chi connectivity index (χ3n) is 4.12. The monoisotopic (exact) mass is 366 g/mol. The molecule has 7 heteroatoms. The van der Waals surface area contributed by atoms with E-state index in [4.69, 9.17) is 0 Å². The molecule has 2 N–H and O–H groups in total. The molecule has 1 unspecified atom stereocenters. The number of rotatable bonds is 6. The molecule has 0 aliphatic heterocycles. The third kappa shape index (κ3) is 4.20. The van der Waals surface area contributed by atoms with Crippen molar-refractivity contribution in [3.8, 4) is 0 Å². The van der Waals surface area contributed by atoms with Crippen molar-refractivity contribution in [2.45, 2.75) is 13.5 Å². The fraction of sp³-hybridized carbons (Fsp3) is 0.150. The number of hydrogen-bond donors (Lipinski definition) is 2. The number of nitrogens with zero attached hydrogens (tertiary/aromatic N) is 2. The topological polar surface area (TPSA) is 76.0 Å². The van der Waals surface area contributed by atoms with Crippen LogP contribution in [0.4, 0.5) is 15.8 Å². The summed E-state index contributed by atoms with van der Waals surface area (Å²) < 4.78 is 15.6. The second-order valence-electron chi connectivity index (χ2n) is 6.16. The number of carbonyl (C=O) groups is 2. The molecule has 6 nitrogen and oxygen atoms in total. The molecule has 0 fully saturated rings. The first-order valence-corrected chi connectivity index (χ1v) is 8.42. The van der Waals surface area contributed by atoms with Crippen LogP contribution in [-0.4, -0.2) is 21.6 Å². The number of halogens is 1. The van der Waals surface area contributed by atoms with Gasteiger partial charge < -0.3 is 10.6 Å². The Morgan fingerprint density at radius 3 is 2.81 bits per heavy atom. The van der Waals surface area contributed by atoms with Crippen LogP contribution in [0.25, 0.3) is 10.9 Å². The van der Waals surface area contributed by atoms with Gasteiger partial charge in [0.05, 0.1) is 29.9 Å². The number of fused-ring (bicyclic) bond motifs is 1. The van der Waals surface area contributed by atoms with Gasteiger partial charge in [0, 0.05) is 11.1 Å². The Bertz CT molecular complexity index is 1010. The van der Waals surface area contributed by atoms with Gasteiger partial charge in [-0.15, -0.1) is 0 Å². The molecule has 0 bridgehead atoms. The number of hydrogen-bond acceptors (Lipinski definition) is 3. The van der Waals surface area contributed by atoms with E-state index in [0.29, 0.717) is 12.2 Å². The van der Waals surface area contributed by atoms with E-state index in [2.05, 4.69) is 22.3 Å². The SMILES string of the molecule is C=CC(=O)Nc1cc(NC(=O)C(C)Cn2ncc3ccccc32)ccc1F. The normalized spacial score (nSPS) is 11.8. The molecule has 1 heterocycles. The maximum absolute atomic E-state index is 13.8. The largest absolute Gasteiger partial charge is 0.326 e. The molecule has 0 aliphatic carbocycles. The van der Waals surface area contributed by atoms with Gasteiger partial charge in [0.15, 0.2) is 0 Å². The Kier molecular flexibility index (Phi) is 5.30. The van der Waals surface area contributed by atoms with Gasteiger partial charge in [-0.3, -0.25) is 14.3 Å². The molecule has 1 atom stereocenters. The molecule has 138 valence electrons. The summed E-state index contributed by atoms with van der Waals surface area (Å²) in [4.78, 5) is 23.9. The minimum atomic E-state index is -0.598. The minimum Gasteiger partial charge on any atom is -0.326 e. The van der Waals surface area contributed by atoms with E-state index >= 15 is 0 Å². The van der Waals surface area contributed by atoms with Crippen molar-refractivity contribution in [3.63, 3.8) is 0 Å². The summed E-state index contributed by atoms with van der Waals surface area (Å²) in [5.74, 6) is -1.73. The zero-order valence-electron chi connectivity index (χ0n) is 14.8. The predicted octanol–water partition coefficient (Wildman–Crippen LogP) is 3.57. The molecular formula is C20H19FN4O2. The fourth-order valence-corrected chi connectivity index (χ4v) is 2.66. The first-order valence-electron chi connectivity index (χ1n) is 8.42. The molecule has 0 spiro atoms. The molecule has 2 aromatic carbocycles. The van der Waals surface area contributed by atoms with Crippen LogP contribution in [0.3, 0.4) is 0 Å². The maximum Gasteiger partial charge on any atom is 0.247 e. The van der Waals surface area contributed by atoms with Gasteiger partial charge in [0.25, 0.3) is 0 Å². The summed E-state index contributed by atoms with van der Waals surface area (Å²) >= 11 is 0. The molecule has 2 amide bonds. The minimum absolute atomic E-state index is 0.0246. The summed E-state index contributed by atoms with van der Waals surface area (Å²) in [7, 11) is 0. The summed E-state index contributed by atoms with van der Waals surface area (Å²) in [5.41, 5.74) is 1.31. The summed E-state index contributed by atoms with van der Waals surface area (Å²) in [6, 6.07) is 11.7. The second kappa shape index (κ2) is 7.82. The van der Waals surface area contributed by atoms with Crippen LogP contribution in [-0.2, 0) is 16.1 Å². The predicted molar refractivity (Wildman–Crippen MR) is 103 cm³/mol. The van der Waals surface area contributed by atoms with Crippen LogP contribution in [0.2, 0.25) is 0 Å². The smallest absolute Gasteiger partial charge is 0.247 e. The Morgan fingerprint density at radius 2 is 2.04 bits per heavy atom. The van der Waals surface area contributed by atoms with E-state index < -0.39 is 11.7 Å². The van der Waals surface area contributed by atoms with Gasteiger partial charge in [-0.2, -0.15) is 5.10 Å². The van der Waals surface area contributed by atoms with E-state index in [9.17, 15) is 14.0 Å². The maximum atomic E-state index is 13.8. The van der Waals surface area contributed by atoms with Crippen LogP contribution < -0.4 is 10.6 Å². The van der Waals surface area contributed by atoms with Gasteiger partial charge in [0.2, 0.25) is 11.8 Å². The van der Waals surface area contributed by atoms with Crippen LogP contribution >= 0.6 is 0 Å². The summed E-state index contributed by atoms with van der Waals surface area (Å²) in [5, 5.41) is 10.4. The molecule has 3 aromatic rings. The van der Waals surface area contributed by atoms with Gasteiger partial charge in [-0.25, -0.2) is 4.39 Å². The number of aromatic nitrogens is 2. The van der Waals surface area contributed by atoms with Crippen molar-refractivity contribution in [1.82, 2.24) is 9.78 Å². The van der Waals surface area contributed by atoms with Crippen molar-refractivity contribution in [3.05, 3.63) is 67.1 Å². The Labute approximate surface area is 155 Å². The van der Waals surface area contributed by atoms with Crippen LogP contribution in [0.15, 0.2) is 61.3 Å². The quantitative estimate of drug-likeness (QED) is 0.655. The van der Waals surface area contributed by atoms with Crippen molar-refractivity contribution in [1.29, 1.82) is 0 Å². The van der Waals surface area contributed by atoms with Crippen LogP contribution in [0, 0.1) is 11.7 Å². The van der Waals surface area contributed by atoms with Crippen LogP contribution in [0.1, 0.15) is 6.92 Å². The average Bonchev–Trinajstić information content (AvgIpc) is 3.07. The van der Waals surface area contributed by atoms with Gasteiger partial charge >= 0.3 is 0 Å². The molecule has 0 radical (unpaired) electrons. The summed E-state index contributed by atoms with van der Waals surface area (Å²) in [6.45, 7) is 5.52. The fourth-order valence-electron chi connectivity index (χ4n) is 2.66. The number of amides is 2. The lowest BCUT2D eigenvalue weighted by atomic mass is 10.1. The molecular weight excluding hydrogens is 347 g/mol. The number of benzene rings is 2. The number of nitrogens with one attached hydrogen (secondary N) is 2. The van der Waals surface area contributed by atoms with E-state index in [1.165, 1.54) is 18.2 Å². The molecule has 0 aliphatic rings. The van der Waals surface area contributed by atoms with E-state index in [1.54, 1.807) is 17.8 Å². The number of para-hydroxylation sites is 1. The highest BCUT2D eigenvalue weighted by Crippen LogP contribution is 2.21. The first-order chi connectivity index (χ1) is 13.0. The Morgan fingerprint density at radius 1 is 1.26 bits per heavy atom. The highest BCUT2D eigenvalue weighted by molar-refractivity contribution is 6.00. The first kappa shape index (κ1) is 18.3. The highest BCUT2D eigenvalue weighted by Gasteiger charge is 2.16. The zero-order chi connectivity index (χ0) is 19.4. The van der Waals surface area contributed by atoms with Gasteiger partial charge in [0.1, 0.15) is 5.82 Å². The zero-order valence-corrected chi connectivity index (χ0v) is 14.8. The number of anilines is 2. The lowest BCUT2D eigenvalue weighted by molar-refractivity contribution is -0.119. The number of carbonyl (C=O) groups excluding carboxylic acids is 2. The lowest BCUT2D eigenvalue weighted by Crippen LogP contribution is -2.25. The van der Waals surface area contributed by atoms with Gasteiger partial charge in [-0.05, 0) is 30.3 Å². The lowest BCUT2D eigenvalue weighted by Gasteiger charge is -2.14. The average molecular weight is 366 g/mol. The van der Waals surface area contributed by atoms with Crippen molar-refractivity contribution >= 4 is 34.1 Å². The molecule has 3 rings (SSSR count). The van der Waals surface area contributed by atoms with E-state index in [-0.39, 0.29) is 17.5 Å². The standard InChI is InChI=1S/C20H19FN4O2/c1-3-19(26)24-17-10-15(8-9-16(17)21)23-20(27)13(2)12-25-18-7-5-4-6-14(18)11-22-25/h3-11,13H,1,12H2,2H3,(H,23,27)(H,24,26). The Hall–Kier alpha value is -3.48. The molecule has 27 heavy (non-hydrogen) atoms. The Balaban J connectivity index is 1.70. The highest BCUT2D eigenvalue weighted by atomic mass is 19.1.